The first-order valence-corrected chi connectivity index (χ1v) is 6.73. The van der Waals surface area contributed by atoms with E-state index in [2.05, 4.69) is 4.98 Å². The van der Waals surface area contributed by atoms with Crippen LogP contribution in [0.3, 0.4) is 0 Å². The summed E-state index contributed by atoms with van der Waals surface area (Å²) in [5.41, 5.74) is 2.16. The van der Waals surface area contributed by atoms with Gasteiger partial charge in [-0.1, -0.05) is 12.1 Å². The van der Waals surface area contributed by atoms with Crippen molar-refractivity contribution in [2.75, 3.05) is 26.0 Å². The number of amides is 1. The van der Waals surface area contributed by atoms with Crippen LogP contribution in [0.5, 0.6) is 0 Å². The van der Waals surface area contributed by atoms with Crippen LogP contribution >= 0.6 is 0 Å². The molecule has 0 aliphatic carbocycles. The lowest BCUT2D eigenvalue weighted by Crippen LogP contribution is -2.26. The van der Waals surface area contributed by atoms with E-state index in [1.807, 2.05) is 43.3 Å². The summed E-state index contributed by atoms with van der Waals surface area (Å²) in [6.45, 7) is 0.430. The number of hydrogen-bond acceptors (Lipinski definition) is 4. The molecule has 22 heavy (non-hydrogen) atoms. The Morgan fingerprint density at radius 3 is 2.36 bits per heavy atom. The third-order valence-corrected chi connectivity index (χ3v) is 3.33. The summed E-state index contributed by atoms with van der Waals surface area (Å²) >= 11 is 0. The van der Waals surface area contributed by atoms with Crippen molar-refractivity contribution in [2.45, 2.75) is 6.54 Å². The number of nitro groups is 1. The molecule has 0 unspecified atom stereocenters. The third kappa shape index (κ3) is 3.43. The molecule has 1 aromatic heterocycles. The van der Waals surface area contributed by atoms with E-state index >= 15 is 0 Å². The van der Waals surface area contributed by atoms with Gasteiger partial charge in [0.05, 0.1) is 11.1 Å². The van der Waals surface area contributed by atoms with Gasteiger partial charge in [0.1, 0.15) is 5.69 Å². The Labute approximate surface area is 128 Å². The zero-order chi connectivity index (χ0) is 16.3. The predicted octanol–water partition coefficient (Wildman–Crippen LogP) is 2.26. The molecular formula is C15H18N4O3. The Kier molecular flexibility index (Phi) is 4.45. The van der Waals surface area contributed by atoms with Gasteiger partial charge in [-0.2, -0.15) is 0 Å². The maximum absolute atomic E-state index is 12.2. The molecular weight excluding hydrogens is 284 g/mol. The molecule has 0 aliphatic rings. The minimum absolute atomic E-state index is 0.118. The molecule has 2 aromatic rings. The molecule has 7 heteroatoms. The molecule has 116 valence electrons. The first-order chi connectivity index (χ1) is 10.4. The molecule has 1 N–H and O–H groups in total. The van der Waals surface area contributed by atoms with Crippen LogP contribution in [0.4, 0.5) is 11.4 Å². The van der Waals surface area contributed by atoms with E-state index in [1.54, 1.807) is 7.05 Å². The number of anilines is 1. The van der Waals surface area contributed by atoms with E-state index in [1.165, 1.54) is 17.2 Å². The molecule has 0 bridgehead atoms. The molecule has 0 aliphatic heterocycles. The quantitative estimate of drug-likeness (QED) is 0.678. The lowest BCUT2D eigenvalue weighted by atomic mass is 10.2. The van der Waals surface area contributed by atoms with Gasteiger partial charge in [0.2, 0.25) is 0 Å². The number of nitrogens with one attached hydrogen (secondary N) is 1. The number of H-pyrrole nitrogens is 1. The number of aromatic amines is 1. The average Bonchev–Trinajstić information content (AvgIpc) is 2.97. The number of benzene rings is 1. The van der Waals surface area contributed by atoms with Crippen molar-refractivity contribution in [3.05, 3.63) is 57.9 Å². The second-order valence-electron chi connectivity index (χ2n) is 5.25. The van der Waals surface area contributed by atoms with Crippen molar-refractivity contribution in [3.63, 3.8) is 0 Å². The highest BCUT2D eigenvalue weighted by Crippen LogP contribution is 2.16. The molecule has 1 amide bonds. The Morgan fingerprint density at radius 1 is 1.23 bits per heavy atom. The highest BCUT2D eigenvalue weighted by Gasteiger charge is 2.17. The smallest absolute Gasteiger partial charge is 0.287 e. The average molecular weight is 302 g/mol. The molecule has 7 nitrogen and oxygen atoms in total. The van der Waals surface area contributed by atoms with E-state index < -0.39 is 4.92 Å². The van der Waals surface area contributed by atoms with Crippen molar-refractivity contribution in [2.24, 2.45) is 0 Å². The number of hydrogen-bond donors (Lipinski definition) is 1. The summed E-state index contributed by atoms with van der Waals surface area (Å²) in [7, 11) is 5.58. The number of nitrogens with zero attached hydrogens (tertiary/aromatic N) is 3. The van der Waals surface area contributed by atoms with Gasteiger partial charge in [0, 0.05) is 39.4 Å². The Hall–Kier alpha value is -2.83. The summed E-state index contributed by atoms with van der Waals surface area (Å²) in [5, 5.41) is 10.6. The van der Waals surface area contributed by atoms with Crippen molar-refractivity contribution >= 4 is 17.3 Å². The minimum Gasteiger partial charge on any atom is -0.378 e. The zero-order valence-corrected chi connectivity index (χ0v) is 12.7. The number of carbonyl (C=O) groups excluding carboxylic acids is 1. The second kappa shape index (κ2) is 6.30. The fraction of sp³-hybridized carbons (Fsp3) is 0.267. The van der Waals surface area contributed by atoms with Crippen LogP contribution in [0.2, 0.25) is 0 Å². The molecule has 1 heterocycles. The molecule has 2 rings (SSSR count). The Balaban J connectivity index is 2.05. The van der Waals surface area contributed by atoms with E-state index in [9.17, 15) is 14.9 Å². The molecule has 0 saturated heterocycles. The first-order valence-electron chi connectivity index (χ1n) is 6.73. The van der Waals surface area contributed by atoms with Crippen LogP contribution < -0.4 is 4.90 Å². The first kappa shape index (κ1) is 15.6. The zero-order valence-electron chi connectivity index (χ0n) is 12.7. The van der Waals surface area contributed by atoms with Crippen LogP contribution in [0.25, 0.3) is 0 Å². The van der Waals surface area contributed by atoms with Crippen LogP contribution in [0.15, 0.2) is 36.5 Å². The number of carbonyl (C=O) groups is 1. The van der Waals surface area contributed by atoms with Gasteiger partial charge in [-0.25, -0.2) is 0 Å². The highest BCUT2D eigenvalue weighted by molar-refractivity contribution is 5.93. The van der Waals surface area contributed by atoms with E-state index in [0.29, 0.717) is 6.54 Å². The van der Waals surface area contributed by atoms with Crippen LogP contribution in [0.1, 0.15) is 16.1 Å². The van der Waals surface area contributed by atoms with Crippen LogP contribution in [0, 0.1) is 10.1 Å². The van der Waals surface area contributed by atoms with Gasteiger partial charge >= 0.3 is 0 Å². The summed E-state index contributed by atoms with van der Waals surface area (Å²) in [6.07, 6.45) is 1.22. The topological polar surface area (TPSA) is 82.5 Å². The van der Waals surface area contributed by atoms with Gasteiger partial charge in [0.15, 0.2) is 0 Å². The molecule has 0 spiro atoms. The molecule has 0 radical (unpaired) electrons. The second-order valence-corrected chi connectivity index (χ2v) is 5.25. The van der Waals surface area contributed by atoms with E-state index in [4.69, 9.17) is 0 Å². The van der Waals surface area contributed by atoms with E-state index in [0.717, 1.165) is 11.3 Å². The normalized spacial score (nSPS) is 10.3. The van der Waals surface area contributed by atoms with Gasteiger partial charge < -0.3 is 14.8 Å². The summed E-state index contributed by atoms with van der Waals surface area (Å²) in [6, 6.07) is 9.11. The maximum atomic E-state index is 12.2. The Morgan fingerprint density at radius 2 is 1.86 bits per heavy atom. The lowest BCUT2D eigenvalue weighted by molar-refractivity contribution is -0.384. The van der Waals surface area contributed by atoms with Crippen LogP contribution in [-0.2, 0) is 6.54 Å². The van der Waals surface area contributed by atoms with Crippen molar-refractivity contribution < 1.29 is 9.72 Å². The van der Waals surface area contributed by atoms with Crippen molar-refractivity contribution in [1.82, 2.24) is 9.88 Å². The monoisotopic (exact) mass is 302 g/mol. The fourth-order valence-electron chi connectivity index (χ4n) is 2.06. The highest BCUT2D eigenvalue weighted by atomic mass is 16.6. The third-order valence-electron chi connectivity index (χ3n) is 3.33. The summed E-state index contributed by atoms with van der Waals surface area (Å²) in [5.74, 6) is -0.287. The van der Waals surface area contributed by atoms with Crippen LogP contribution in [-0.4, -0.2) is 41.9 Å². The number of rotatable bonds is 5. The van der Waals surface area contributed by atoms with E-state index in [-0.39, 0.29) is 17.3 Å². The van der Waals surface area contributed by atoms with Crippen molar-refractivity contribution in [1.29, 1.82) is 0 Å². The van der Waals surface area contributed by atoms with Gasteiger partial charge in [-0.05, 0) is 17.7 Å². The SMILES string of the molecule is CN(Cc1ccc(N(C)C)cc1)C(=O)c1cc([N+](=O)[O-])c[nH]1. The largest absolute Gasteiger partial charge is 0.378 e. The molecule has 0 atom stereocenters. The summed E-state index contributed by atoms with van der Waals surface area (Å²) in [4.78, 5) is 28.5. The Bertz CT molecular complexity index is 676. The summed E-state index contributed by atoms with van der Waals surface area (Å²) < 4.78 is 0. The number of aromatic nitrogens is 1. The molecule has 0 saturated carbocycles. The molecule has 1 aromatic carbocycles. The predicted molar refractivity (Wildman–Crippen MR) is 84.0 cm³/mol. The molecule has 0 fully saturated rings. The minimum atomic E-state index is -0.534. The fourth-order valence-corrected chi connectivity index (χ4v) is 2.06. The van der Waals surface area contributed by atoms with Gasteiger partial charge in [-0.15, -0.1) is 0 Å². The standard InChI is InChI=1S/C15H18N4O3/c1-17(2)12-6-4-11(5-7-12)10-18(3)15(20)14-8-13(9-16-14)19(21)22/h4-9,16H,10H2,1-3H3. The van der Waals surface area contributed by atoms with Gasteiger partial charge in [0.25, 0.3) is 11.6 Å². The maximum Gasteiger partial charge on any atom is 0.287 e. The van der Waals surface area contributed by atoms with Crippen molar-refractivity contribution in [3.8, 4) is 0 Å². The lowest BCUT2D eigenvalue weighted by Gasteiger charge is -2.17. The van der Waals surface area contributed by atoms with Gasteiger partial charge in [-0.3, -0.25) is 14.9 Å².